The molecule has 0 saturated carbocycles. The summed E-state index contributed by atoms with van der Waals surface area (Å²) >= 11 is 4.87. The number of anilines is 1. The second-order valence-corrected chi connectivity index (χ2v) is 5.75. The molecule has 2 heterocycles. The van der Waals surface area contributed by atoms with Crippen molar-refractivity contribution in [3.8, 4) is 22.8 Å². The van der Waals surface area contributed by atoms with Gasteiger partial charge >= 0.3 is 0 Å². The Morgan fingerprint density at radius 1 is 1.30 bits per heavy atom. The topological polar surface area (TPSA) is 63.8 Å². The summed E-state index contributed by atoms with van der Waals surface area (Å²) in [5, 5.41) is 8.07. The fourth-order valence-electron chi connectivity index (χ4n) is 1.87. The predicted octanol–water partition coefficient (Wildman–Crippen LogP) is 3.97. The van der Waals surface area contributed by atoms with Gasteiger partial charge in [0.2, 0.25) is 5.82 Å². The van der Waals surface area contributed by atoms with E-state index in [9.17, 15) is 0 Å². The Morgan fingerprint density at radius 2 is 2.10 bits per heavy atom. The number of hydrogen-bond donors (Lipinski definition) is 1. The summed E-state index contributed by atoms with van der Waals surface area (Å²) in [7, 11) is 1.85. The van der Waals surface area contributed by atoms with E-state index < -0.39 is 0 Å². The number of aromatic nitrogens is 3. The van der Waals surface area contributed by atoms with Crippen molar-refractivity contribution in [3.63, 3.8) is 0 Å². The molecule has 7 heteroatoms. The molecule has 3 aromatic rings. The smallest absolute Gasteiger partial charge is 0.263 e. The second-order valence-electron chi connectivity index (χ2n) is 4.13. The van der Waals surface area contributed by atoms with Crippen molar-refractivity contribution in [1.82, 2.24) is 14.5 Å². The van der Waals surface area contributed by atoms with Crippen LogP contribution in [-0.4, -0.2) is 21.6 Å². The summed E-state index contributed by atoms with van der Waals surface area (Å²) in [4.78, 5) is 4.47. The van der Waals surface area contributed by atoms with Gasteiger partial charge in [-0.05, 0) is 30.6 Å². The third-order valence-electron chi connectivity index (χ3n) is 2.84. The molecule has 0 aliphatic rings. The Labute approximate surface area is 128 Å². The molecule has 0 saturated heterocycles. The first kappa shape index (κ1) is 13.3. The minimum Gasteiger partial charge on any atom is -0.378 e. The first-order valence-electron chi connectivity index (χ1n) is 5.93. The molecule has 0 radical (unpaired) electrons. The van der Waals surface area contributed by atoms with Crippen LogP contribution in [0.15, 0.2) is 33.3 Å². The zero-order valence-corrected chi connectivity index (χ0v) is 13.2. The highest BCUT2D eigenvalue weighted by Gasteiger charge is 2.19. The van der Waals surface area contributed by atoms with Gasteiger partial charge in [0, 0.05) is 17.1 Å². The van der Waals surface area contributed by atoms with Gasteiger partial charge in [-0.3, -0.25) is 0 Å². The van der Waals surface area contributed by atoms with Gasteiger partial charge in [-0.25, -0.2) is 0 Å². The van der Waals surface area contributed by atoms with Gasteiger partial charge in [-0.1, -0.05) is 33.2 Å². The highest BCUT2D eigenvalue weighted by atomic mass is 79.9. The molecule has 102 valence electrons. The van der Waals surface area contributed by atoms with Crippen LogP contribution in [0, 0.1) is 6.92 Å². The Hall–Kier alpha value is -1.73. The maximum absolute atomic E-state index is 5.39. The molecule has 0 atom stereocenters. The molecule has 0 aliphatic heterocycles. The second kappa shape index (κ2) is 5.34. The lowest BCUT2D eigenvalue weighted by Gasteiger charge is -1.97. The van der Waals surface area contributed by atoms with Crippen molar-refractivity contribution in [2.45, 2.75) is 6.92 Å². The van der Waals surface area contributed by atoms with Crippen LogP contribution < -0.4 is 5.32 Å². The number of nitrogens with one attached hydrogen (secondary N) is 1. The third-order valence-corrected chi connectivity index (χ3v) is 4.49. The Bertz CT molecular complexity index is 752. The first-order chi connectivity index (χ1) is 9.70. The molecule has 3 rings (SSSR count). The highest BCUT2D eigenvalue weighted by Crippen LogP contribution is 2.35. The molecular weight excluding hydrogens is 340 g/mol. The van der Waals surface area contributed by atoms with E-state index in [1.165, 1.54) is 11.5 Å². The van der Waals surface area contributed by atoms with Gasteiger partial charge in [0.1, 0.15) is 5.00 Å². The number of halogens is 1. The average Bonchev–Trinajstić information content (AvgIpc) is 3.05. The van der Waals surface area contributed by atoms with Crippen LogP contribution >= 0.6 is 27.5 Å². The monoisotopic (exact) mass is 350 g/mol. The van der Waals surface area contributed by atoms with E-state index >= 15 is 0 Å². The number of nitrogens with zero attached hydrogens (tertiary/aromatic N) is 3. The summed E-state index contributed by atoms with van der Waals surface area (Å²) < 4.78 is 10.6. The lowest BCUT2D eigenvalue weighted by Crippen LogP contribution is -1.89. The molecule has 0 aliphatic carbocycles. The molecule has 2 aromatic heterocycles. The van der Waals surface area contributed by atoms with Gasteiger partial charge in [0.15, 0.2) is 0 Å². The van der Waals surface area contributed by atoms with Gasteiger partial charge in [0.25, 0.3) is 5.89 Å². The van der Waals surface area contributed by atoms with Crippen LogP contribution in [-0.2, 0) is 0 Å². The first-order valence-corrected chi connectivity index (χ1v) is 7.50. The predicted molar refractivity (Wildman–Crippen MR) is 82.8 cm³/mol. The minimum atomic E-state index is 0.478. The summed E-state index contributed by atoms with van der Waals surface area (Å²) in [5.74, 6) is 1.03. The normalized spacial score (nSPS) is 10.8. The minimum absolute atomic E-state index is 0.478. The lowest BCUT2D eigenvalue weighted by atomic mass is 10.2. The van der Waals surface area contributed by atoms with Crippen molar-refractivity contribution < 1.29 is 4.52 Å². The molecule has 0 spiro atoms. The fraction of sp³-hybridized carbons (Fsp3) is 0.154. The van der Waals surface area contributed by atoms with E-state index in [2.05, 4.69) is 35.8 Å². The number of benzene rings is 1. The zero-order valence-electron chi connectivity index (χ0n) is 10.8. The van der Waals surface area contributed by atoms with E-state index in [1.807, 2.05) is 38.2 Å². The van der Waals surface area contributed by atoms with E-state index in [1.54, 1.807) is 0 Å². The van der Waals surface area contributed by atoms with Crippen LogP contribution in [0.5, 0.6) is 0 Å². The molecule has 20 heavy (non-hydrogen) atoms. The lowest BCUT2D eigenvalue weighted by molar-refractivity contribution is 0.432. The molecule has 0 amide bonds. The Morgan fingerprint density at radius 3 is 2.85 bits per heavy atom. The van der Waals surface area contributed by atoms with Gasteiger partial charge in [0.05, 0.1) is 11.3 Å². The van der Waals surface area contributed by atoms with E-state index in [0.29, 0.717) is 11.7 Å². The van der Waals surface area contributed by atoms with Gasteiger partial charge in [-0.2, -0.15) is 9.36 Å². The summed E-state index contributed by atoms with van der Waals surface area (Å²) in [6.45, 7) is 1.93. The maximum atomic E-state index is 5.39. The Kier molecular flexibility index (Phi) is 3.54. The van der Waals surface area contributed by atoms with Gasteiger partial charge in [-0.15, -0.1) is 0 Å². The number of aryl methyl sites for hydroxylation is 1. The SMILES string of the molecule is CNc1snc(C)c1-c1nc(-c2ccccc2Br)no1. The molecule has 0 fully saturated rings. The number of rotatable bonds is 3. The number of hydrogen-bond acceptors (Lipinski definition) is 6. The van der Waals surface area contributed by atoms with Crippen LogP contribution in [0.1, 0.15) is 5.69 Å². The molecule has 0 unspecified atom stereocenters. The molecule has 5 nitrogen and oxygen atoms in total. The van der Waals surface area contributed by atoms with Crippen molar-refractivity contribution in [2.75, 3.05) is 12.4 Å². The third kappa shape index (κ3) is 2.23. The maximum Gasteiger partial charge on any atom is 0.263 e. The van der Waals surface area contributed by atoms with E-state index in [-0.39, 0.29) is 0 Å². The van der Waals surface area contributed by atoms with E-state index in [0.717, 1.165) is 26.3 Å². The fourth-order valence-corrected chi connectivity index (χ4v) is 3.07. The zero-order chi connectivity index (χ0) is 14.1. The molecular formula is C13H11BrN4OS. The largest absolute Gasteiger partial charge is 0.378 e. The van der Waals surface area contributed by atoms with E-state index in [4.69, 9.17) is 4.52 Å². The van der Waals surface area contributed by atoms with Crippen molar-refractivity contribution in [1.29, 1.82) is 0 Å². The summed E-state index contributed by atoms with van der Waals surface area (Å²) in [6, 6.07) is 7.77. The molecule has 1 N–H and O–H groups in total. The quantitative estimate of drug-likeness (QED) is 0.774. The van der Waals surface area contributed by atoms with Crippen molar-refractivity contribution >= 4 is 32.5 Å². The highest BCUT2D eigenvalue weighted by molar-refractivity contribution is 9.10. The molecule has 0 bridgehead atoms. The molecule has 1 aromatic carbocycles. The standard InChI is InChI=1S/C13H11BrN4OS/c1-7-10(13(15-2)20-18-7)12-16-11(17-19-12)8-5-3-4-6-9(8)14/h3-6,15H,1-2H3. The van der Waals surface area contributed by atoms with Crippen LogP contribution in [0.2, 0.25) is 0 Å². The van der Waals surface area contributed by atoms with Crippen molar-refractivity contribution in [2.24, 2.45) is 0 Å². The summed E-state index contributed by atoms with van der Waals surface area (Å²) in [6.07, 6.45) is 0. The van der Waals surface area contributed by atoms with Crippen LogP contribution in [0.4, 0.5) is 5.00 Å². The van der Waals surface area contributed by atoms with Crippen LogP contribution in [0.25, 0.3) is 22.8 Å². The van der Waals surface area contributed by atoms with Crippen molar-refractivity contribution in [3.05, 3.63) is 34.4 Å². The average molecular weight is 351 g/mol. The Balaban J connectivity index is 2.07. The summed E-state index contributed by atoms with van der Waals surface area (Å²) in [5.41, 5.74) is 2.64. The van der Waals surface area contributed by atoms with Crippen LogP contribution in [0.3, 0.4) is 0 Å². The van der Waals surface area contributed by atoms with Gasteiger partial charge < -0.3 is 9.84 Å².